The van der Waals surface area contributed by atoms with Gasteiger partial charge in [0, 0.05) is 16.8 Å². The number of carbonyl (C=O) groups is 2. The first-order valence-corrected chi connectivity index (χ1v) is 9.57. The number of rotatable bonds is 3. The minimum atomic E-state index is -1.13. The maximum atomic E-state index is 14.8. The van der Waals surface area contributed by atoms with Crippen LogP contribution in [0.4, 0.5) is 10.1 Å². The van der Waals surface area contributed by atoms with Crippen molar-refractivity contribution >= 4 is 23.1 Å². The maximum Gasteiger partial charge on any atom is 0.300 e. The molecule has 6 nitrogen and oxygen atoms in total. The summed E-state index contributed by atoms with van der Waals surface area (Å²) in [7, 11) is 0. The molecule has 2 heterocycles. The summed E-state index contributed by atoms with van der Waals surface area (Å²) in [5.74, 6) is -1.83. The van der Waals surface area contributed by atoms with Gasteiger partial charge in [0.1, 0.15) is 11.6 Å². The Hall–Kier alpha value is -4.13. The van der Waals surface area contributed by atoms with Gasteiger partial charge < -0.3 is 14.6 Å². The molecule has 2 aliphatic heterocycles. The lowest BCUT2D eigenvalue weighted by Gasteiger charge is -2.25. The molecule has 0 radical (unpaired) electrons. The first-order valence-electron chi connectivity index (χ1n) is 9.57. The van der Waals surface area contributed by atoms with E-state index in [0.717, 1.165) is 0 Å². The number of Topliss-reactive ketones (excluding diaryl/α,β-unsaturated/α-hetero) is 1. The van der Waals surface area contributed by atoms with Crippen LogP contribution in [-0.2, 0) is 9.59 Å². The minimum Gasteiger partial charge on any atom is -0.507 e. The molecule has 1 unspecified atom stereocenters. The van der Waals surface area contributed by atoms with Gasteiger partial charge in [0.2, 0.25) is 6.79 Å². The van der Waals surface area contributed by atoms with E-state index in [1.807, 2.05) is 0 Å². The zero-order chi connectivity index (χ0) is 21.5. The van der Waals surface area contributed by atoms with E-state index in [1.54, 1.807) is 48.5 Å². The number of hydrogen-bond donors (Lipinski definition) is 1. The van der Waals surface area contributed by atoms with E-state index in [4.69, 9.17) is 9.47 Å². The third-order valence-corrected chi connectivity index (χ3v) is 5.32. The second kappa shape index (κ2) is 7.28. The molecule has 0 spiro atoms. The number of aliphatic hydroxyl groups excluding tert-OH is 1. The molecule has 1 amide bonds. The Morgan fingerprint density at radius 3 is 2.42 bits per heavy atom. The Morgan fingerprint density at radius 1 is 0.935 bits per heavy atom. The van der Waals surface area contributed by atoms with Gasteiger partial charge in [-0.25, -0.2) is 4.39 Å². The fourth-order valence-electron chi connectivity index (χ4n) is 3.88. The molecule has 154 valence electrons. The first kappa shape index (κ1) is 18.9. The van der Waals surface area contributed by atoms with Crippen molar-refractivity contribution in [2.24, 2.45) is 0 Å². The van der Waals surface area contributed by atoms with Crippen molar-refractivity contribution in [3.8, 4) is 11.5 Å². The molecule has 5 rings (SSSR count). The van der Waals surface area contributed by atoms with Gasteiger partial charge in [-0.05, 0) is 36.4 Å². The summed E-state index contributed by atoms with van der Waals surface area (Å²) in [6, 6.07) is 17.9. The molecule has 1 N–H and O–H groups in total. The zero-order valence-electron chi connectivity index (χ0n) is 16.1. The van der Waals surface area contributed by atoms with Gasteiger partial charge in [-0.3, -0.25) is 14.5 Å². The van der Waals surface area contributed by atoms with Gasteiger partial charge in [0.25, 0.3) is 11.7 Å². The van der Waals surface area contributed by atoms with E-state index < -0.39 is 29.3 Å². The van der Waals surface area contributed by atoms with Crippen LogP contribution < -0.4 is 14.4 Å². The van der Waals surface area contributed by atoms with Crippen molar-refractivity contribution in [1.82, 2.24) is 0 Å². The van der Waals surface area contributed by atoms with Gasteiger partial charge in [-0.1, -0.05) is 36.4 Å². The monoisotopic (exact) mass is 417 g/mol. The molecule has 3 aromatic rings. The van der Waals surface area contributed by atoms with E-state index in [0.29, 0.717) is 17.2 Å². The summed E-state index contributed by atoms with van der Waals surface area (Å²) in [6.07, 6.45) is 0. The zero-order valence-corrected chi connectivity index (χ0v) is 16.1. The number of benzene rings is 3. The number of hydrogen-bond acceptors (Lipinski definition) is 5. The summed E-state index contributed by atoms with van der Waals surface area (Å²) >= 11 is 0. The maximum absolute atomic E-state index is 14.8. The van der Waals surface area contributed by atoms with Gasteiger partial charge in [0.05, 0.1) is 11.6 Å². The summed E-state index contributed by atoms with van der Waals surface area (Å²) < 4.78 is 25.4. The molecule has 31 heavy (non-hydrogen) atoms. The molecule has 2 aliphatic rings. The normalized spacial score (nSPS) is 19.1. The molecule has 3 aromatic carbocycles. The first-order chi connectivity index (χ1) is 15.1. The molecule has 7 heteroatoms. The van der Waals surface area contributed by atoms with E-state index in [2.05, 4.69) is 0 Å². The van der Waals surface area contributed by atoms with Crippen LogP contribution in [0, 0.1) is 5.82 Å². The summed E-state index contributed by atoms with van der Waals surface area (Å²) in [4.78, 5) is 27.3. The lowest BCUT2D eigenvalue weighted by Crippen LogP contribution is -2.29. The number of para-hydroxylation sites is 1. The SMILES string of the molecule is O=C1C(=O)N(c2ccccc2)C(c2ccccc2F)/C1=C(\O)c1ccc2c(c1)OCO2. The highest BCUT2D eigenvalue weighted by molar-refractivity contribution is 6.51. The predicted molar refractivity (Wildman–Crippen MR) is 110 cm³/mol. The van der Waals surface area contributed by atoms with E-state index in [1.165, 1.54) is 29.2 Å². The topological polar surface area (TPSA) is 76.1 Å². The Bertz CT molecular complexity index is 1240. The highest BCUT2D eigenvalue weighted by Gasteiger charge is 2.47. The lowest BCUT2D eigenvalue weighted by atomic mass is 9.94. The number of halogens is 1. The number of ether oxygens (including phenoxy) is 2. The van der Waals surface area contributed by atoms with Gasteiger partial charge in [-0.2, -0.15) is 0 Å². The van der Waals surface area contributed by atoms with Crippen molar-refractivity contribution in [3.05, 3.63) is 95.3 Å². The van der Waals surface area contributed by atoms with E-state index in [-0.39, 0.29) is 23.5 Å². The molecule has 1 saturated heterocycles. The third-order valence-electron chi connectivity index (χ3n) is 5.32. The van der Waals surface area contributed by atoms with Crippen molar-refractivity contribution < 1.29 is 28.6 Å². The molecule has 0 aromatic heterocycles. The average molecular weight is 417 g/mol. The lowest BCUT2D eigenvalue weighted by molar-refractivity contribution is -0.132. The van der Waals surface area contributed by atoms with Crippen LogP contribution in [0.3, 0.4) is 0 Å². The molecule has 0 saturated carbocycles. The van der Waals surface area contributed by atoms with Gasteiger partial charge in [-0.15, -0.1) is 0 Å². The Morgan fingerprint density at radius 2 is 1.65 bits per heavy atom. The van der Waals surface area contributed by atoms with Crippen molar-refractivity contribution in [2.75, 3.05) is 11.7 Å². The molecule has 0 bridgehead atoms. The fourth-order valence-corrected chi connectivity index (χ4v) is 3.88. The Balaban J connectivity index is 1.73. The van der Waals surface area contributed by atoms with Crippen LogP contribution in [0.2, 0.25) is 0 Å². The van der Waals surface area contributed by atoms with Crippen LogP contribution >= 0.6 is 0 Å². The highest BCUT2D eigenvalue weighted by Crippen LogP contribution is 2.43. The fraction of sp³-hybridized carbons (Fsp3) is 0.0833. The predicted octanol–water partition coefficient (Wildman–Crippen LogP) is 4.18. The average Bonchev–Trinajstić information content (AvgIpc) is 3.36. The second-order valence-corrected chi connectivity index (χ2v) is 7.09. The van der Waals surface area contributed by atoms with Crippen LogP contribution in [0.15, 0.2) is 78.4 Å². The number of amides is 1. The summed E-state index contributed by atoms with van der Waals surface area (Å²) in [5, 5.41) is 11.1. The molecular formula is C24H16FNO5. The molecule has 0 aliphatic carbocycles. The standard InChI is InChI=1S/C24H16FNO5/c25-17-9-5-4-8-16(17)21-20(22(27)14-10-11-18-19(12-14)31-13-30-18)23(28)24(29)26(21)15-6-2-1-3-7-15/h1-12,21,27H,13H2/b22-20+. The van der Waals surface area contributed by atoms with Crippen molar-refractivity contribution in [2.45, 2.75) is 6.04 Å². The van der Waals surface area contributed by atoms with E-state index >= 15 is 0 Å². The number of aliphatic hydroxyl groups is 1. The number of ketones is 1. The van der Waals surface area contributed by atoms with Crippen molar-refractivity contribution in [1.29, 1.82) is 0 Å². The largest absolute Gasteiger partial charge is 0.507 e. The van der Waals surface area contributed by atoms with Crippen LogP contribution in [0.25, 0.3) is 5.76 Å². The van der Waals surface area contributed by atoms with Crippen LogP contribution in [0.5, 0.6) is 11.5 Å². The van der Waals surface area contributed by atoms with Crippen LogP contribution in [-0.4, -0.2) is 23.6 Å². The number of fused-ring (bicyclic) bond motifs is 1. The highest BCUT2D eigenvalue weighted by atomic mass is 19.1. The number of anilines is 1. The quantitative estimate of drug-likeness (QED) is 0.393. The smallest absolute Gasteiger partial charge is 0.300 e. The van der Waals surface area contributed by atoms with Crippen LogP contribution in [0.1, 0.15) is 17.2 Å². The van der Waals surface area contributed by atoms with Gasteiger partial charge >= 0.3 is 0 Å². The second-order valence-electron chi connectivity index (χ2n) is 7.09. The molecule has 1 fully saturated rings. The summed E-state index contributed by atoms with van der Waals surface area (Å²) in [6.45, 7) is 0.0488. The Kier molecular flexibility index (Phi) is 4.43. The number of carbonyl (C=O) groups excluding carboxylic acids is 2. The van der Waals surface area contributed by atoms with Gasteiger partial charge in [0.15, 0.2) is 11.5 Å². The molecule has 1 atom stereocenters. The minimum absolute atomic E-state index is 0.0488. The Labute approximate surface area is 176 Å². The van der Waals surface area contributed by atoms with E-state index in [9.17, 15) is 19.1 Å². The molecular weight excluding hydrogens is 401 g/mol. The van der Waals surface area contributed by atoms with Crippen molar-refractivity contribution in [3.63, 3.8) is 0 Å². The number of nitrogens with zero attached hydrogens (tertiary/aromatic N) is 1. The third kappa shape index (κ3) is 3.02. The summed E-state index contributed by atoms with van der Waals surface area (Å²) in [5.41, 5.74) is 0.588.